The fourth-order valence-corrected chi connectivity index (χ4v) is 2.37. The average molecular weight is 360 g/mol. The molecule has 0 bridgehead atoms. The van der Waals surface area contributed by atoms with Gasteiger partial charge in [0.1, 0.15) is 17.6 Å². The SMILES string of the molecule is CCC(O)c1ccc(-c2cc(Br)ccc2Br)o1. The zero-order valence-electron chi connectivity index (χ0n) is 9.28. The highest BCUT2D eigenvalue weighted by Gasteiger charge is 2.13. The Morgan fingerprint density at radius 1 is 1.24 bits per heavy atom. The van der Waals surface area contributed by atoms with Gasteiger partial charge in [0.25, 0.3) is 0 Å². The van der Waals surface area contributed by atoms with Gasteiger partial charge in [-0.3, -0.25) is 0 Å². The first-order valence-electron chi connectivity index (χ1n) is 5.35. The molecule has 0 spiro atoms. The summed E-state index contributed by atoms with van der Waals surface area (Å²) in [6.45, 7) is 1.92. The summed E-state index contributed by atoms with van der Waals surface area (Å²) in [5.41, 5.74) is 0.967. The standard InChI is InChI=1S/C13H12Br2O2/c1-2-11(16)13-6-5-12(17-13)9-7-8(14)3-4-10(9)15/h3-7,11,16H,2H2,1H3. The number of aliphatic hydroxyl groups excluding tert-OH is 1. The lowest BCUT2D eigenvalue weighted by Crippen LogP contribution is -1.91. The van der Waals surface area contributed by atoms with Crippen molar-refractivity contribution in [3.8, 4) is 11.3 Å². The molecule has 2 nitrogen and oxygen atoms in total. The van der Waals surface area contributed by atoms with Crippen LogP contribution in [0.25, 0.3) is 11.3 Å². The van der Waals surface area contributed by atoms with Crippen molar-refractivity contribution < 1.29 is 9.52 Å². The molecule has 0 saturated heterocycles. The first-order chi connectivity index (χ1) is 8.11. The third kappa shape index (κ3) is 2.81. The Kier molecular flexibility index (Phi) is 4.07. The Morgan fingerprint density at radius 2 is 2.00 bits per heavy atom. The second-order valence-electron chi connectivity index (χ2n) is 3.75. The molecule has 1 heterocycles. The van der Waals surface area contributed by atoms with Crippen LogP contribution in [0.15, 0.2) is 43.7 Å². The first-order valence-corrected chi connectivity index (χ1v) is 6.93. The minimum atomic E-state index is -0.533. The summed E-state index contributed by atoms with van der Waals surface area (Å²) in [6.07, 6.45) is 0.113. The number of hydrogen-bond donors (Lipinski definition) is 1. The van der Waals surface area contributed by atoms with Crippen LogP contribution in [0.3, 0.4) is 0 Å². The number of halogens is 2. The summed E-state index contributed by atoms with van der Waals surface area (Å²) >= 11 is 6.92. The van der Waals surface area contributed by atoms with E-state index in [9.17, 15) is 5.11 Å². The molecule has 0 amide bonds. The van der Waals surface area contributed by atoms with E-state index in [0.29, 0.717) is 12.2 Å². The maximum Gasteiger partial charge on any atom is 0.135 e. The molecule has 0 aliphatic heterocycles. The summed E-state index contributed by atoms with van der Waals surface area (Å²) in [7, 11) is 0. The second kappa shape index (κ2) is 5.38. The van der Waals surface area contributed by atoms with E-state index in [4.69, 9.17) is 4.42 Å². The van der Waals surface area contributed by atoms with E-state index in [1.54, 1.807) is 0 Å². The summed E-state index contributed by atoms with van der Waals surface area (Å²) in [4.78, 5) is 0. The summed E-state index contributed by atoms with van der Waals surface area (Å²) < 4.78 is 7.61. The molecule has 4 heteroatoms. The minimum absolute atomic E-state index is 0.533. The van der Waals surface area contributed by atoms with Crippen LogP contribution in [0.5, 0.6) is 0 Å². The molecule has 1 aromatic heterocycles. The predicted molar refractivity (Wildman–Crippen MR) is 74.8 cm³/mol. The van der Waals surface area contributed by atoms with Gasteiger partial charge in [-0.25, -0.2) is 0 Å². The highest BCUT2D eigenvalue weighted by molar-refractivity contribution is 9.11. The Hall–Kier alpha value is -0.580. The molecule has 0 aliphatic carbocycles. The molecular weight excluding hydrogens is 348 g/mol. The van der Waals surface area contributed by atoms with Crippen LogP contribution in [0.1, 0.15) is 25.2 Å². The molecule has 0 radical (unpaired) electrons. The second-order valence-corrected chi connectivity index (χ2v) is 5.52. The monoisotopic (exact) mass is 358 g/mol. The number of furan rings is 1. The van der Waals surface area contributed by atoms with Crippen molar-refractivity contribution in [2.75, 3.05) is 0 Å². The van der Waals surface area contributed by atoms with Crippen molar-refractivity contribution in [2.45, 2.75) is 19.4 Å². The molecule has 1 unspecified atom stereocenters. The van der Waals surface area contributed by atoms with E-state index in [-0.39, 0.29) is 0 Å². The van der Waals surface area contributed by atoms with Gasteiger partial charge in [-0.15, -0.1) is 0 Å². The predicted octanol–water partition coefficient (Wildman–Crippen LogP) is 4.92. The van der Waals surface area contributed by atoms with E-state index in [1.165, 1.54) is 0 Å². The fraction of sp³-hybridized carbons (Fsp3) is 0.231. The van der Waals surface area contributed by atoms with Crippen LogP contribution in [0, 0.1) is 0 Å². The third-order valence-electron chi connectivity index (χ3n) is 2.54. The zero-order valence-corrected chi connectivity index (χ0v) is 12.5. The molecule has 17 heavy (non-hydrogen) atoms. The van der Waals surface area contributed by atoms with Gasteiger partial charge in [0.2, 0.25) is 0 Å². The van der Waals surface area contributed by atoms with Crippen LogP contribution >= 0.6 is 31.9 Å². The normalized spacial score (nSPS) is 12.7. The molecule has 2 rings (SSSR count). The summed E-state index contributed by atoms with van der Waals surface area (Å²) in [5.74, 6) is 1.36. The lowest BCUT2D eigenvalue weighted by molar-refractivity contribution is 0.147. The van der Waals surface area contributed by atoms with E-state index in [2.05, 4.69) is 31.9 Å². The average Bonchev–Trinajstić information content (AvgIpc) is 2.80. The van der Waals surface area contributed by atoms with Gasteiger partial charge in [-0.05, 0) is 36.8 Å². The van der Waals surface area contributed by atoms with Gasteiger partial charge in [-0.2, -0.15) is 0 Å². The Balaban J connectivity index is 2.40. The van der Waals surface area contributed by atoms with Gasteiger partial charge in [0.15, 0.2) is 0 Å². The lowest BCUT2D eigenvalue weighted by Gasteiger charge is -2.04. The molecule has 1 aromatic carbocycles. The van der Waals surface area contributed by atoms with E-state index < -0.39 is 6.10 Å². The highest BCUT2D eigenvalue weighted by Crippen LogP contribution is 2.33. The van der Waals surface area contributed by atoms with Crippen molar-refractivity contribution >= 4 is 31.9 Å². The van der Waals surface area contributed by atoms with E-state index in [0.717, 1.165) is 20.3 Å². The quantitative estimate of drug-likeness (QED) is 0.844. The lowest BCUT2D eigenvalue weighted by atomic mass is 10.2. The maximum atomic E-state index is 9.70. The summed E-state index contributed by atoms with van der Waals surface area (Å²) in [6, 6.07) is 9.58. The van der Waals surface area contributed by atoms with Crippen molar-refractivity contribution in [3.05, 3.63) is 45.0 Å². The molecule has 0 aliphatic rings. The van der Waals surface area contributed by atoms with Crippen molar-refractivity contribution in [2.24, 2.45) is 0 Å². The van der Waals surface area contributed by atoms with Gasteiger partial charge >= 0.3 is 0 Å². The Bertz CT molecular complexity index is 520. The molecule has 2 aromatic rings. The first kappa shape index (κ1) is 12.9. The summed E-state index contributed by atoms with van der Waals surface area (Å²) in [5, 5.41) is 9.70. The zero-order chi connectivity index (χ0) is 12.4. The molecule has 0 fully saturated rings. The maximum absolute atomic E-state index is 9.70. The van der Waals surface area contributed by atoms with Crippen molar-refractivity contribution in [1.82, 2.24) is 0 Å². The van der Waals surface area contributed by atoms with Crippen LogP contribution in [-0.4, -0.2) is 5.11 Å². The third-order valence-corrected chi connectivity index (χ3v) is 3.72. The topological polar surface area (TPSA) is 33.4 Å². The Labute approximate surface area is 117 Å². The fourth-order valence-electron chi connectivity index (χ4n) is 1.56. The molecular formula is C13H12Br2O2. The smallest absolute Gasteiger partial charge is 0.135 e. The number of aliphatic hydroxyl groups is 1. The molecule has 1 atom stereocenters. The van der Waals surface area contributed by atoms with E-state index >= 15 is 0 Å². The van der Waals surface area contributed by atoms with Gasteiger partial charge in [0, 0.05) is 14.5 Å². The molecule has 1 N–H and O–H groups in total. The number of rotatable bonds is 3. The largest absolute Gasteiger partial charge is 0.458 e. The minimum Gasteiger partial charge on any atom is -0.458 e. The van der Waals surface area contributed by atoms with E-state index in [1.807, 2.05) is 37.3 Å². The molecule has 0 saturated carbocycles. The van der Waals surface area contributed by atoms with Crippen LogP contribution in [0.4, 0.5) is 0 Å². The Morgan fingerprint density at radius 3 is 2.71 bits per heavy atom. The van der Waals surface area contributed by atoms with Gasteiger partial charge in [-0.1, -0.05) is 38.8 Å². The van der Waals surface area contributed by atoms with Crippen molar-refractivity contribution in [3.63, 3.8) is 0 Å². The highest BCUT2D eigenvalue weighted by atomic mass is 79.9. The van der Waals surface area contributed by atoms with Gasteiger partial charge < -0.3 is 9.52 Å². The van der Waals surface area contributed by atoms with Crippen LogP contribution < -0.4 is 0 Å². The number of hydrogen-bond acceptors (Lipinski definition) is 2. The molecule has 90 valence electrons. The van der Waals surface area contributed by atoms with Crippen molar-refractivity contribution in [1.29, 1.82) is 0 Å². The van der Waals surface area contributed by atoms with Crippen LogP contribution in [0.2, 0.25) is 0 Å². The number of benzene rings is 1. The van der Waals surface area contributed by atoms with Crippen LogP contribution in [-0.2, 0) is 0 Å². The van der Waals surface area contributed by atoms with Gasteiger partial charge in [0.05, 0.1) is 0 Å².